The molecule has 0 bridgehead atoms. The van der Waals surface area contributed by atoms with Crippen LogP contribution in [0.3, 0.4) is 0 Å². The van der Waals surface area contributed by atoms with Crippen molar-refractivity contribution in [3.8, 4) is 0 Å². The van der Waals surface area contributed by atoms with Crippen molar-refractivity contribution in [3.63, 3.8) is 0 Å². The molecule has 0 aromatic carbocycles. The number of sulfonamides is 1. The summed E-state index contributed by atoms with van der Waals surface area (Å²) in [6.45, 7) is 7.02. The van der Waals surface area contributed by atoms with E-state index in [4.69, 9.17) is 0 Å². The molecule has 1 rings (SSSR count). The van der Waals surface area contributed by atoms with Gasteiger partial charge in [0.15, 0.2) is 0 Å². The Labute approximate surface area is 125 Å². The molecular formula is C12H24N4O2S2. The maximum Gasteiger partial charge on any atom is 0.243 e. The molecule has 116 valence electrons. The van der Waals surface area contributed by atoms with E-state index in [9.17, 15) is 8.42 Å². The maximum atomic E-state index is 12.1. The smallest absolute Gasteiger partial charge is 0.243 e. The highest BCUT2D eigenvalue weighted by atomic mass is 32.2. The zero-order valence-electron chi connectivity index (χ0n) is 12.3. The lowest BCUT2D eigenvalue weighted by Crippen LogP contribution is -2.29. The van der Waals surface area contributed by atoms with E-state index in [1.807, 2.05) is 13.2 Å². The molecule has 0 saturated carbocycles. The molecule has 0 aliphatic heterocycles. The van der Waals surface area contributed by atoms with Crippen molar-refractivity contribution in [3.05, 3.63) is 12.4 Å². The van der Waals surface area contributed by atoms with Crippen molar-refractivity contribution >= 4 is 21.8 Å². The van der Waals surface area contributed by atoms with Gasteiger partial charge < -0.3 is 5.32 Å². The van der Waals surface area contributed by atoms with Gasteiger partial charge in [-0.25, -0.2) is 13.1 Å². The van der Waals surface area contributed by atoms with Crippen molar-refractivity contribution in [1.29, 1.82) is 0 Å². The third-order valence-electron chi connectivity index (χ3n) is 2.87. The van der Waals surface area contributed by atoms with Crippen LogP contribution in [0, 0.1) is 0 Å². The first-order valence-electron chi connectivity index (χ1n) is 6.75. The van der Waals surface area contributed by atoms with Crippen LogP contribution in [0.2, 0.25) is 0 Å². The fourth-order valence-electron chi connectivity index (χ4n) is 1.54. The van der Waals surface area contributed by atoms with Crippen molar-refractivity contribution < 1.29 is 8.42 Å². The Morgan fingerprint density at radius 1 is 1.50 bits per heavy atom. The summed E-state index contributed by atoms with van der Waals surface area (Å²) in [6, 6.07) is 0. The predicted molar refractivity (Wildman–Crippen MR) is 83.6 cm³/mol. The van der Waals surface area contributed by atoms with Crippen LogP contribution in [-0.2, 0) is 16.6 Å². The van der Waals surface area contributed by atoms with E-state index >= 15 is 0 Å². The molecule has 1 unspecified atom stereocenters. The summed E-state index contributed by atoms with van der Waals surface area (Å²) in [5, 5.41) is 7.56. The first kappa shape index (κ1) is 17.5. The molecule has 1 aromatic rings. The van der Waals surface area contributed by atoms with Crippen molar-refractivity contribution in [2.24, 2.45) is 0 Å². The Kier molecular flexibility index (Phi) is 7.57. The molecule has 0 fully saturated rings. The zero-order valence-corrected chi connectivity index (χ0v) is 13.9. The third kappa shape index (κ3) is 5.82. The Hall–Kier alpha value is -0.570. The number of hydrogen-bond donors (Lipinski definition) is 2. The van der Waals surface area contributed by atoms with Gasteiger partial charge in [0.1, 0.15) is 4.90 Å². The summed E-state index contributed by atoms with van der Waals surface area (Å²) in [7, 11) is -3.44. The van der Waals surface area contributed by atoms with Gasteiger partial charge in [0.05, 0.1) is 6.20 Å². The van der Waals surface area contributed by atoms with Gasteiger partial charge >= 0.3 is 0 Å². The largest absolute Gasteiger partial charge is 0.317 e. The van der Waals surface area contributed by atoms with Gasteiger partial charge in [-0.15, -0.1) is 0 Å². The van der Waals surface area contributed by atoms with Crippen LogP contribution in [0.4, 0.5) is 0 Å². The van der Waals surface area contributed by atoms with Gasteiger partial charge in [0.25, 0.3) is 0 Å². The fourth-order valence-corrected chi connectivity index (χ4v) is 2.98. The molecule has 20 heavy (non-hydrogen) atoms. The maximum absolute atomic E-state index is 12.1. The molecule has 0 aliphatic carbocycles. The van der Waals surface area contributed by atoms with Crippen molar-refractivity contribution in [1.82, 2.24) is 19.8 Å². The number of thioether (sulfide) groups is 1. The van der Waals surface area contributed by atoms with Gasteiger partial charge in [-0.2, -0.15) is 16.9 Å². The van der Waals surface area contributed by atoms with E-state index in [1.54, 1.807) is 22.6 Å². The molecule has 1 aromatic heterocycles. The quantitative estimate of drug-likeness (QED) is 0.627. The standard InChI is InChI=1S/C12H24N4O2S2/c1-4-13-6-5-7-16-10-12(9-14-16)20(17,18)15-8-11(2)19-3/h9-11,13,15H,4-8H2,1-3H3. The van der Waals surface area contributed by atoms with E-state index in [2.05, 4.69) is 22.1 Å². The van der Waals surface area contributed by atoms with Crippen LogP contribution in [0.1, 0.15) is 20.3 Å². The second kappa shape index (κ2) is 8.66. The van der Waals surface area contributed by atoms with Crippen molar-refractivity contribution in [2.75, 3.05) is 25.9 Å². The molecule has 0 aliphatic rings. The molecule has 6 nitrogen and oxygen atoms in total. The van der Waals surface area contributed by atoms with Gasteiger partial charge in [0, 0.05) is 24.5 Å². The molecule has 0 spiro atoms. The highest BCUT2D eigenvalue weighted by molar-refractivity contribution is 7.99. The third-order valence-corrected chi connectivity index (χ3v) is 5.22. The fraction of sp³-hybridized carbons (Fsp3) is 0.750. The zero-order chi connectivity index (χ0) is 15.0. The van der Waals surface area contributed by atoms with E-state index in [-0.39, 0.29) is 10.1 Å². The molecule has 0 saturated heterocycles. The lowest BCUT2D eigenvalue weighted by molar-refractivity contribution is 0.549. The van der Waals surface area contributed by atoms with Crippen LogP contribution >= 0.6 is 11.8 Å². The average Bonchev–Trinajstić information content (AvgIpc) is 2.90. The van der Waals surface area contributed by atoms with Crippen molar-refractivity contribution in [2.45, 2.75) is 37.0 Å². The minimum absolute atomic E-state index is 0.231. The highest BCUT2D eigenvalue weighted by Crippen LogP contribution is 2.09. The predicted octanol–water partition coefficient (Wildman–Crippen LogP) is 0.913. The minimum atomic E-state index is -3.44. The average molecular weight is 320 g/mol. The van der Waals surface area contributed by atoms with E-state index in [0.29, 0.717) is 13.1 Å². The summed E-state index contributed by atoms with van der Waals surface area (Å²) in [6.07, 6.45) is 5.87. The summed E-state index contributed by atoms with van der Waals surface area (Å²) in [4.78, 5) is 0.231. The van der Waals surface area contributed by atoms with Crippen LogP contribution in [0.25, 0.3) is 0 Å². The van der Waals surface area contributed by atoms with Crippen LogP contribution < -0.4 is 10.0 Å². The molecule has 1 atom stereocenters. The van der Waals surface area contributed by atoms with E-state index < -0.39 is 10.0 Å². The summed E-state index contributed by atoms with van der Waals surface area (Å²) in [5.41, 5.74) is 0. The first-order chi connectivity index (χ1) is 9.49. The molecule has 2 N–H and O–H groups in total. The summed E-state index contributed by atoms with van der Waals surface area (Å²) in [5.74, 6) is 0. The number of hydrogen-bond acceptors (Lipinski definition) is 5. The molecule has 0 amide bonds. The Morgan fingerprint density at radius 3 is 2.90 bits per heavy atom. The monoisotopic (exact) mass is 320 g/mol. The number of rotatable bonds is 10. The normalized spacial score (nSPS) is 13.6. The van der Waals surface area contributed by atoms with Crippen LogP contribution in [0.15, 0.2) is 17.3 Å². The van der Waals surface area contributed by atoms with Crippen LogP contribution in [0.5, 0.6) is 0 Å². The van der Waals surface area contributed by atoms with E-state index in [0.717, 1.165) is 19.5 Å². The van der Waals surface area contributed by atoms with Gasteiger partial charge in [-0.1, -0.05) is 13.8 Å². The Bertz CT molecular complexity index is 487. The van der Waals surface area contributed by atoms with Gasteiger partial charge in [-0.3, -0.25) is 4.68 Å². The Balaban J connectivity index is 2.52. The lowest BCUT2D eigenvalue weighted by atomic mass is 10.4. The lowest BCUT2D eigenvalue weighted by Gasteiger charge is -2.09. The topological polar surface area (TPSA) is 76.0 Å². The minimum Gasteiger partial charge on any atom is -0.317 e. The molecule has 1 heterocycles. The molecular weight excluding hydrogens is 296 g/mol. The second-order valence-corrected chi connectivity index (χ2v) is 7.59. The SMILES string of the molecule is CCNCCCn1cc(S(=O)(=O)NCC(C)SC)cn1. The first-order valence-corrected chi connectivity index (χ1v) is 9.52. The number of nitrogens with one attached hydrogen (secondary N) is 2. The summed E-state index contributed by atoms with van der Waals surface area (Å²) >= 11 is 1.63. The second-order valence-electron chi connectivity index (χ2n) is 4.54. The molecule has 0 radical (unpaired) electrons. The van der Waals surface area contributed by atoms with E-state index in [1.165, 1.54) is 6.20 Å². The summed E-state index contributed by atoms with van der Waals surface area (Å²) < 4.78 is 28.4. The molecule has 8 heteroatoms. The number of aromatic nitrogens is 2. The highest BCUT2D eigenvalue weighted by Gasteiger charge is 2.17. The van der Waals surface area contributed by atoms with Gasteiger partial charge in [-0.05, 0) is 25.8 Å². The van der Waals surface area contributed by atoms with Crippen LogP contribution in [-0.4, -0.2) is 49.3 Å². The van der Waals surface area contributed by atoms with Gasteiger partial charge in [0.2, 0.25) is 10.0 Å². The number of nitrogens with zero attached hydrogens (tertiary/aromatic N) is 2. The Morgan fingerprint density at radius 2 is 2.25 bits per heavy atom. The number of aryl methyl sites for hydroxylation is 1.